The molecule has 7 nitrogen and oxygen atoms in total. The van der Waals surface area contributed by atoms with Crippen molar-refractivity contribution in [3.63, 3.8) is 0 Å². The van der Waals surface area contributed by atoms with Crippen molar-refractivity contribution < 1.29 is 14.4 Å². The van der Waals surface area contributed by atoms with Crippen LogP contribution in [-0.2, 0) is 9.59 Å². The molecule has 0 aliphatic carbocycles. The number of hydrogen-bond donors (Lipinski definition) is 1. The molecule has 3 aliphatic rings. The summed E-state index contributed by atoms with van der Waals surface area (Å²) in [6.07, 6.45) is 4.79. The van der Waals surface area contributed by atoms with Gasteiger partial charge in [0.25, 0.3) is 5.91 Å². The van der Waals surface area contributed by atoms with E-state index in [1.807, 2.05) is 17.0 Å². The number of halogens is 1. The van der Waals surface area contributed by atoms with Crippen molar-refractivity contribution in [3.05, 3.63) is 53.1 Å². The van der Waals surface area contributed by atoms with Gasteiger partial charge in [0, 0.05) is 35.9 Å². The molecule has 33 heavy (non-hydrogen) atoms. The Morgan fingerprint density at radius 1 is 0.970 bits per heavy atom. The van der Waals surface area contributed by atoms with Crippen molar-refractivity contribution in [3.8, 4) is 0 Å². The van der Waals surface area contributed by atoms with Crippen LogP contribution >= 0.6 is 11.6 Å². The van der Waals surface area contributed by atoms with E-state index in [1.54, 1.807) is 35.2 Å². The van der Waals surface area contributed by atoms with E-state index >= 15 is 0 Å². The van der Waals surface area contributed by atoms with E-state index < -0.39 is 0 Å². The molecule has 2 aromatic carbocycles. The van der Waals surface area contributed by atoms with E-state index in [4.69, 9.17) is 11.6 Å². The van der Waals surface area contributed by atoms with E-state index in [0.717, 1.165) is 57.4 Å². The molecule has 1 atom stereocenters. The molecule has 0 aromatic heterocycles. The van der Waals surface area contributed by atoms with Crippen LogP contribution in [0.2, 0.25) is 5.02 Å². The van der Waals surface area contributed by atoms with Crippen molar-refractivity contribution in [1.29, 1.82) is 0 Å². The fourth-order valence-corrected chi connectivity index (χ4v) is 5.26. The molecule has 0 bridgehead atoms. The number of carbonyl (C=O) groups excluding carboxylic acids is 3. The molecule has 3 heterocycles. The Hall–Kier alpha value is -3.06. The summed E-state index contributed by atoms with van der Waals surface area (Å²) in [6, 6.07) is 12.2. The average molecular weight is 467 g/mol. The highest BCUT2D eigenvalue weighted by molar-refractivity contribution is 6.30. The third-order valence-electron chi connectivity index (χ3n) is 6.68. The lowest BCUT2D eigenvalue weighted by molar-refractivity contribution is -0.123. The minimum atomic E-state index is -0.308. The van der Waals surface area contributed by atoms with Crippen LogP contribution in [-0.4, -0.2) is 54.8 Å². The predicted molar refractivity (Wildman–Crippen MR) is 129 cm³/mol. The second-order valence-electron chi connectivity index (χ2n) is 8.89. The zero-order valence-corrected chi connectivity index (χ0v) is 19.2. The van der Waals surface area contributed by atoms with Gasteiger partial charge < -0.3 is 15.1 Å². The van der Waals surface area contributed by atoms with Crippen LogP contribution in [0, 0.1) is 0 Å². The lowest BCUT2D eigenvalue weighted by Crippen LogP contribution is -2.56. The monoisotopic (exact) mass is 466 g/mol. The van der Waals surface area contributed by atoms with Gasteiger partial charge >= 0.3 is 0 Å². The smallest absolute Gasteiger partial charge is 0.253 e. The summed E-state index contributed by atoms with van der Waals surface area (Å²) in [6.45, 7) is 2.19. The largest absolute Gasteiger partial charge is 0.358 e. The molecule has 2 saturated heterocycles. The number of likely N-dealkylation sites (tertiary alicyclic amines) is 1. The van der Waals surface area contributed by atoms with E-state index in [2.05, 4.69) is 10.2 Å². The summed E-state index contributed by atoms with van der Waals surface area (Å²) in [7, 11) is 0. The zero-order chi connectivity index (χ0) is 22.9. The summed E-state index contributed by atoms with van der Waals surface area (Å²) < 4.78 is 0. The van der Waals surface area contributed by atoms with E-state index in [-0.39, 0.29) is 30.3 Å². The molecule has 0 saturated carbocycles. The molecule has 1 N–H and O–H groups in total. The summed E-state index contributed by atoms with van der Waals surface area (Å²) in [5, 5.41) is 3.35. The van der Waals surface area contributed by atoms with Crippen molar-refractivity contribution in [2.45, 2.75) is 38.1 Å². The van der Waals surface area contributed by atoms with Crippen LogP contribution in [0.15, 0.2) is 42.5 Å². The number of rotatable bonds is 4. The van der Waals surface area contributed by atoms with Crippen LogP contribution in [0.4, 0.5) is 17.1 Å². The Balaban J connectivity index is 1.46. The number of benzene rings is 2. The number of carbonyl (C=O) groups is 3. The van der Waals surface area contributed by atoms with Crippen LogP contribution in [0.1, 0.15) is 42.5 Å². The first-order chi connectivity index (χ1) is 16.0. The number of piperidine rings is 1. The molecule has 8 heteroatoms. The molecule has 2 fully saturated rings. The maximum atomic E-state index is 13.5. The molecular weight excluding hydrogens is 440 g/mol. The highest BCUT2D eigenvalue weighted by atomic mass is 35.5. The molecule has 0 radical (unpaired) electrons. The van der Waals surface area contributed by atoms with Crippen LogP contribution in [0.3, 0.4) is 0 Å². The second-order valence-corrected chi connectivity index (χ2v) is 9.33. The highest BCUT2D eigenvalue weighted by Crippen LogP contribution is 2.40. The Kier molecular flexibility index (Phi) is 5.98. The van der Waals surface area contributed by atoms with E-state index in [1.165, 1.54) is 0 Å². The van der Waals surface area contributed by atoms with Crippen molar-refractivity contribution >= 4 is 46.4 Å². The Morgan fingerprint density at radius 2 is 1.76 bits per heavy atom. The Morgan fingerprint density at radius 3 is 2.55 bits per heavy atom. The zero-order valence-electron chi connectivity index (χ0n) is 18.4. The Labute approximate surface area is 198 Å². The van der Waals surface area contributed by atoms with Gasteiger partial charge in [-0.1, -0.05) is 17.7 Å². The SMILES string of the molecule is O=C(CN1C(=O)[C@H]2CCCCN2c2ccc(C(=O)N3CCCC3)cc21)Nc1cccc(Cl)c1. The molecule has 0 unspecified atom stereocenters. The quantitative estimate of drug-likeness (QED) is 0.741. The van der Waals surface area contributed by atoms with Gasteiger partial charge in [0.1, 0.15) is 12.6 Å². The van der Waals surface area contributed by atoms with Gasteiger partial charge in [-0.2, -0.15) is 0 Å². The van der Waals surface area contributed by atoms with Crippen LogP contribution < -0.4 is 15.1 Å². The summed E-state index contributed by atoms with van der Waals surface area (Å²) >= 11 is 6.03. The summed E-state index contributed by atoms with van der Waals surface area (Å²) in [5.74, 6) is -0.418. The molecule has 2 aromatic rings. The van der Waals surface area contributed by atoms with E-state index in [0.29, 0.717) is 22.0 Å². The Bertz CT molecular complexity index is 1100. The number of anilines is 3. The number of nitrogens with zero attached hydrogens (tertiary/aromatic N) is 3. The molecule has 3 amide bonds. The fraction of sp³-hybridized carbons (Fsp3) is 0.400. The van der Waals surface area contributed by atoms with E-state index in [9.17, 15) is 14.4 Å². The topological polar surface area (TPSA) is 73.0 Å². The first-order valence-corrected chi connectivity index (χ1v) is 12.0. The average Bonchev–Trinajstić information content (AvgIpc) is 3.36. The minimum Gasteiger partial charge on any atom is -0.358 e. The first kappa shape index (κ1) is 21.8. The van der Waals surface area contributed by atoms with Crippen molar-refractivity contribution in [2.24, 2.45) is 0 Å². The van der Waals surface area contributed by atoms with Gasteiger partial charge in [0.15, 0.2) is 0 Å². The minimum absolute atomic E-state index is 0.0214. The molecule has 172 valence electrons. The molecular formula is C25H27ClN4O3. The van der Waals surface area contributed by atoms with Gasteiger partial charge in [0.2, 0.25) is 11.8 Å². The van der Waals surface area contributed by atoms with Gasteiger partial charge in [-0.05, 0) is 68.5 Å². The maximum absolute atomic E-state index is 13.5. The lowest BCUT2D eigenvalue weighted by Gasteiger charge is -2.45. The van der Waals surface area contributed by atoms with Crippen LogP contribution in [0.5, 0.6) is 0 Å². The fourth-order valence-electron chi connectivity index (χ4n) is 5.07. The molecule has 3 aliphatic heterocycles. The third-order valence-corrected chi connectivity index (χ3v) is 6.91. The first-order valence-electron chi connectivity index (χ1n) is 11.6. The third kappa shape index (κ3) is 4.29. The maximum Gasteiger partial charge on any atom is 0.253 e. The van der Waals surface area contributed by atoms with Gasteiger partial charge in [-0.15, -0.1) is 0 Å². The molecule has 0 spiro atoms. The van der Waals surface area contributed by atoms with Crippen molar-refractivity contribution in [1.82, 2.24) is 4.90 Å². The highest BCUT2D eigenvalue weighted by Gasteiger charge is 2.40. The van der Waals surface area contributed by atoms with Gasteiger partial charge in [-0.3, -0.25) is 19.3 Å². The standard InChI is InChI=1S/C25H27ClN4O3/c26-18-6-5-7-19(15-18)27-23(31)16-30-22-14-17(24(32)28-11-3-4-12-28)9-10-20(22)29-13-2-1-8-21(29)25(30)33/h5-7,9-10,14-15,21H,1-4,8,11-13,16H2,(H,27,31)/t21-/m1/s1. The number of amides is 3. The summed E-state index contributed by atoms with van der Waals surface area (Å²) in [4.78, 5) is 44.9. The van der Waals surface area contributed by atoms with Gasteiger partial charge in [-0.25, -0.2) is 0 Å². The lowest BCUT2D eigenvalue weighted by atomic mass is 9.95. The van der Waals surface area contributed by atoms with Crippen molar-refractivity contribution in [2.75, 3.05) is 41.3 Å². The summed E-state index contributed by atoms with van der Waals surface area (Å²) in [5.41, 5.74) is 2.67. The number of fused-ring (bicyclic) bond motifs is 3. The predicted octanol–water partition coefficient (Wildman–Crippen LogP) is 3.92. The van der Waals surface area contributed by atoms with Crippen LogP contribution in [0.25, 0.3) is 0 Å². The normalized spacial score (nSPS) is 19.8. The number of nitrogens with one attached hydrogen (secondary N) is 1. The number of hydrogen-bond acceptors (Lipinski definition) is 4. The second kappa shape index (κ2) is 9.06. The van der Waals surface area contributed by atoms with Gasteiger partial charge in [0.05, 0.1) is 11.4 Å². The molecule has 5 rings (SSSR count).